The van der Waals surface area contributed by atoms with Gasteiger partial charge < -0.3 is 15.6 Å². The van der Waals surface area contributed by atoms with Crippen molar-refractivity contribution in [2.24, 2.45) is 5.73 Å². The van der Waals surface area contributed by atoms with Crippen molar-refractivity contribution in [1.82, 2.24) is 0 Å². The van der Waals surface area contributed by atoms with Crippen molar-refractivity contribution in [2.45, 2.75) is 6.23 Å². The predicted octanol–water partition coefficient (Wildman–Crippen LogP) is 0.629. The highest BCUT2D eigenvalue weighted by atomic mass is 16.5. The van der Waals surface area contributed by atoms with Crippen LogP contribution in [0.4, 0.5) is 10.5 Å². The number of rotatable bonds is 4. The Labute approximate surface area is 92.2 Å². The second kappa shape index (κ2) is 5.13. The lowest BCUT2D eigenvalue weighted by Gasteiger charge is -2.25. The van der Waals surface area contributed by atoms with Gasteiger partial charge in [0.25, 0.3) is 0 Å². The smallest absolute Gasteiger partial charge is 0.354 e. The van der Waals surface area contributed by atoms with Gasteiger partial charge in [-0.15, -0.1) is 0 Å². The first-order chi connectivity index (χ1) is 7.57. The number of carbonyl (C=O) groups is 2. The molecule has 6 heteroatoms. The zero-order valence-corrected chi connectivity index (χ0v) is 8.66. The number of amides is 2. The van der Waals surface area contributed by atoms with Crippen LogP contribution in [0.25, 0.3) is 0 Å². The molecule has 86 valence electrons. The maximum Gasteiger partial charge on any atom is 0.354 e. The number of aliphatic carboxylic acids is 1. The van der Waals surface area contributed by atoms with E-state index in [1.807, 2.05) is 0 Å². The van der Waals surface area contributed by atoms with Gasteiger partial charge >= 0.3 is 12.0 Å². The summed E-state index contributed by atoms with van der Waals surface area (Å²) >= 11 is 0. The third-order valence-corrected chi connectivity index (χ3v) is 1.94. The quantitative estimate of drug-likeness (QED) is 0.733. The number of hydrogen-bond acceptors (Lipinski definition) is 3. The molecule has 0 spiro atoms. The van der Waals surface area contributed by atoms with Crippen LogP contribution in [0.1, 0.15) is 0 Å². The SMILES string of the molecule is COC(C(=O)O)N(C(N)=O)c1ccccc1. The summed E-state index contributed by atoms with van der Waals surface area (Å²) in [5.74, 6) is -1.29. The largest absolute Gasteiger partial charge is 0.478 e. The average Bonchev–Trinajstić information content (AvgIpc) is 2.25. The second-order valence-corrected chi connectivity index (χ2v) is 2.97. The molecule has 1 aromatic carbocycles. The Bertz CT molecular complexity index is 380. The van der Waals surface area contributed by atoms with Crippen molar-refractivity contribution in [1.29, 1.82) is 0 Å². The van der Waals surface area contributed by atoms with Gasteiger partial charge in [0.1, 0.15) is 0 Å². The topological polar surface area (TPSA) is 92.9 Å². The van der Waals surface area contributed by atoms with Gasteiger partial charge in [-0.05, 0) is 12.1 Å². The van der Waals surface area contributed by atoms with Crippen molar-refractivity contribution in [3.05, 3.63) is 30.3 Å². The molecule has 16 heavy (non-hydrogen) atoms. The van der Waals surface area contributed by atoms with Crippen molar-refractivity contribution in [2.75, 3.05) is 12.0 Å². The molecule has 3 N–H and O–H groups in total. The van der Waals surface area contributed by atoms with E-state index in [1.165, 1.54) is 7.11 Å². The van der Waals surface area contributed by atoms with E-state index in [4.69, 9.17) is 15.6 Å². The molecule has 0 fully saturated rings. The summed E-state index contributed by atoms with van der Waals surface area (Å²) in [6, 6.07) is 7.32. The molecule has 2 amide bonds. The van der Waals surface area contributed by atoms with Gasteiger partial charge in [-0.3, -0.25) is 4.90 Å². The first-order valence-corrected chi connectivity index (χ1v) is 4.47. The first kappa shape index (κ1) is 12.0. The normalized spacial score (nSPS) is 11.8. The van der Waals surface area contributed by atoms with Gasteiger partial charge in [0.2, 0.25) is 6.23 Å². The minimum absolute atomic E-state index is 0.365. The lowest BCUT2D eigenvalue weighted by Crippen LogP contribution is -2.49. The number of carboxylic acids is 1. The van der Waals surface area contributed by atoms with E-state index in [-0.39, 0.29) is 0 Å². The van der Waals surface area contributed by atoms with Crippen LogP contribution in [0.3, 0.4) is 0 Å². The summed E-state index contributed by atoms with van der Waals surface area (Å²) in [6.07, 6.45) is -1.43. The molecular weight excluding hydrogens is 212 g/mol. The van der Waals surface area contributed by atoms with Crippen LogP contribution in [-0.4, -0.2) is 30.4 Å². The van der Waals surface area contributed by atoms with Crippen LogP contribution in [0.5, 0.6) is 0 Å². The van der Waals surface area contributed by atoms with Crippen molar-refractivity contribution in [3.63, 3.8) is 0 Å². The van der Waals surface area contributed by atoms with Crippen LogP contribution < -0.4 is 10.6 Å². The summed E-state index contributed by atoms with van der Waals surface area (Å²) < 4.78 is 4.72. The molecule has 0 heterocycles. The molecule has 0 saturated heterocycles. The molecule has 1 unspecified atom stereocenters. The van der Waals surface area contributed by atoms with Gasteiger partial charge in [0.05, 0.1) is 0 Å². The number of methoxy groups -OCH3 is 1. The molecular formula is C10H12N2O4. The van der Waals surface area contributed by atoms with E-state index in [1.54, 1.807) is 30.3 Å². The van der Waals surface area contributed by atoms with Crippen molar-refractivity contribution >= 4 is 17.7 Å². The number of carbonyl (C=O) groups excluding carboxylic acids is 1. The molecule has 0 bridgehead atoms. The number of nitrogens with two attached hydrogens (primary N) is 1. The average molecular weight is 224 g/mol. The zero-order valence-electron chi connectivity index (χ0n) is 8.66. The lowest BCUT2D eigenvalue weighted by atomic mass is 10.3. The number of hydrogen-bond donors (Lipinski definition) is 2. The highest BCUT2D eigenvalue weighted by molar-refractivity contribution is 5.96. The molecule has 0 saturated carbocycles. The summed E-state index contributed by atoms with van der Waals surface area (Å²) in [4.78, 5) is 22.9. The number of urea groups is 1. The maximum atomic E-state index is 11.2. The third-order valence-electron chi connectivity index (χ3n) is 1.94. The number of anilines is 1. The Balaban J connectivity index is 3.09. The van der Waals surface area contributed by atoms with E-state index in [9.17, 15) is 9.59 Å². The molecule has 0 aliphatic carbocycles. The van der Waals surface area contributed by atoms with E-state index >= 15 is 0 Å². The lowest BCUT2D eigenvalue weighted by molar-refractivity contribution is -0.147. The summed E-state index contributed by atoms with van der Waals surface area (Å²) in [6.45, 7) is 0. The number of ether oxygens (including phenoxy) is 1. The van der Waals surface area contributed by atoms with Gasteiger partial charge in [-0.25, -0.2) is 9.59 Å². The number of nitrogens with zero attached hydrogens (tertiary/aromatic N) is 1. The molecule has 1 rings (SSSR count). The van der Waals surface area contributed by atoms with Crippen molar-refractivity contribution < 1.29 is 19.4 Å². The molecule has 0 aromatic heterocycles. The second-order valence-electron chi connectivity index (χ2n) is 2.97. The van der Waals surface area contributed by atoms with Gasteiger partial charge in [-0.2, -0.15) is 0 Å². The van der Waals surface area contributed by atoms with Gasteiger partial charge in [-0.1, -0.05) is 18.2 Å². The predicted molar refractivity (Wildman–Crippen MR) is 56.9 cm³/mol. The number of carboxylic acid groups (broad SMARTS) is 1. The molecule has 0 radical (unpaired) electrons. The van der Waals surface area contributed by atoms with Crippen LogP contribution in [-0.2, 0) is 9.53 Å². The number of para-hydroxylation sites is 1. The fourth-order valence-corrected chi connectivity index (χ4v) is 1.28. The molecule has 6 nitrogen and oxygen atoms in total. The molecule has 0 aliphatic heterocycles. The van der Waals surface area contributed by atoms with Gasteiger partial charge in [0.15, 0.2) is 0 Å². The fraction of sp³-hybridized carbons (Fsp3) is 0.200. The Hall–Kier alpha value is -2.08. The maximum absolute atomic E-state index is 11.2. The monoisotopic (exact) mass is 224 g/mol. The summed E-state index contributed by atoms with van der Waals surface area (Å²) in [7, 11) is 1.19. The Morgan fingerprint density at radius 3 is 2.31 bits per heavy atom. The van der Waals surface area contributed by atoms with E-state index in [0.717, 1.165) is 4.90 Å². The third kappa shape index (κ3) is 2.48. The number of primary amides is 1. The summed E-state index contributed by atoms with van der Waals surface area (Å²) in [5, 5.41) is 8.88. The van der Waals surface area contributed by atoms with E-state index < -0.39 is 18.2 Å². The van der Waals surface area contributed by atoms with Crippen LogP contribution in [0, 0.1) is 0 Å². The first-order valence-electron chi connectivity index (χ1n) is 4.47. The molecule has 1 atom stereocenters. The van der Waals surface area contributed by atoms with Crippen LogP contribution in [0.2, 0.25) is 0 Å². The van der Waals surface area contributed by atoms with E-state index in [0.29, 0.717) is 5.69 Å². The van der Waals surface area contributed by atoms with E-state index in [2.05, 4.69) is 0 Å². The standard InChI is InChI=1S/C10H12N2O4/c1-16-8(9(13)14)12(10(11)15)7-5-3-2-4-6-7/h2-6,8H,1H3,(H2,11,15)(H,13,14). The van der Waals surface area contributed by atoms with Gasteiger partial charge in [0, 0.05) is 12.8 Å². The highest BCUT2D eigenvalue weighted by Crippen LogP contribution is 2.16. The summed E-state index contributed by atoms with van der Waals surface area (Å²) in [5.41, 5.74) is 5.49. The minimum Gasteiger partial charge on any atom is -0.478 e. The Morgan fingerprint density at radius 2 is 1.94 bits per heavy atom. The number of benzene rings is 1. The molecule has 0 aliphatic rings. The fourth-order valence-electron chi connectivity index (χ4n) is 1.28. The minimum atomic E-state index is -1.43. The van der Waals surface area contributed by atoms with Crippen LogP contribution in [0.15, 0.2) is 30.3 Å². The zero-order chi connectivity index (χ0) is 12.1. The van der Waals surface area contributed by atoms with Crippen molar-refractivity contribution in [3.8, 4) is 0 Å². The molecule has 1 aromatic rings. The Kier molecular flexibility index (Phi) is 3.84. The highest BCUT2D eigenvalue weighted by Gasteiger charge is 2.29. The Morgan fingerprint density at radius 1 is 1.38 bits per heavy atom. The van der Waals surface area contributed by atoms with Crippen LogP contribution >= 0.6 is 0 Å².